The number of benzene rings is 1. The van der Waals surface area contributed by atoms with Crippen molar-refractivity contribution in [3.05, 3.63) is 36.2 Å². The van der Waals surface area contributed by atoms with E-state index in [1.807, 2.05) is 30.3 Å². The van der Waals surface area contributed by atoms with E-state index in [0.29, 0.717) is 25.3 Å². The van der Waals surface area contributed by atoms with E-state index in [1.165, 1.54) is 0 Å². The molecular weight excluding hydrogens is 254 g/mol. The number of likely N-dealkylation sites (tertiary alicyclic amines) is 1. The molecule has 6 heteroatoms. The predicted molar refractivity (Wildman–Crippen MR) is 75.8 cm³/mol. The monoisotopic (exact) mass is 273 g/mol. The second kappa shape index (κ2) is 5.70. The van der Waals surface area contributed by atoms with Crippen LogP contribution in [0.5, 0.6) is 0 Å². The van der Waals surface area contributed by atoms with Crippen molar-refractivity contribution in [1.82, 2.24) is 20.1 Å². The van der Waals surface area contributed by atoms with Crippen LogP contribution in [0.4, 0.5) is 0 Å². The number of hydrogen-bond acceptors (Lipinski definition) is 5. The van der Waals surface area contributed by atoms with Crippen LogP contribution < -0.4 is 5.73 Å². The van der Waals surface area contributed by atoms with E-state index in [4.69, 9.17) is 5.73 Å². The molecule has 6 nitrogen and oxygen atoms in total. The molecule has 2 aromatic rings. The first-order valence-electron chi connectivity index (χ1n) is 6.88. The fourth-order valence-corrected chi connectivity index (χ4v) is 2.72. The standard InChI is InChI=1S/C14H19N5O/c15-6-7-19-9-11(20)8-12(19)14-16-13(17-18-14)10-4-2-1-3-5-10/h1-5,11-12,20H,6-9,15H2,(H,16,17,18)/t11-,12+/m1/s1. The van der Waals surface area contributed by atoms with Crippen LogP contribution in [0.2, 0.25) is 0 Å². The molecule has 0 spiro atoms. The van der Waals surface area contributed by atoms with Crippen molar-refractivity contribution in [3.8, 4) is 11.4 Å². The molecule has 4 N–H and O–H groups in total. The van der Waals surface area contributed by atoms with E-state index < -0.39 is 0 Å². The number of H-pyrrole nitrogens is 1. The van der Waals surface area contributed by atoms with E-state index in [0.717, 1.165) is 17.9 Å². The quantitative estimate of drug-likeness (QED) is 0.756. The minimum atomic E-state index is -0.322. The number of aliphatic hydroxyl groups excluding tert-OH is 1. The molecule has 1 aliphatic rings. The van der Waals surface area contributed by atoms with Crippen molar-refractivity contribution in [1.29, 1.82) is 0 Å². The van der Waals surface area contributed by atoms with Gasteiger partial charge in [0.1, 0.15) is 5.82 Å². The molecule has 0 aliphatic carbocycles. The summed E-state index contributed by atoms with van der Waals surface area (Å²) >= 11 is 0. The first-order chi connectivity index (χ1) is 9.78. The van der Waals surface area contributed by atoms with Gasteiger partial charge in [-0.25, -0.2) is 4.98 Å². The maximum Gasteiger partial charge on any atom is 0.181 e. The molecule has 0 bridgehead atoms. The lowest BCUT2D eigenvalue weighted by molar-refractivity contribution is 0.176. The molecule has 1 fully saturated rings. The maximum atomic E-state index is 9.84. The van der Waals surface area contributed by atoms with E-state index in [9.17, 15) is 5.11 Å². The molecule has 1 saturated heterocycles. The van der Waals surface area contributed by atoms with Gasteiger partial charge < -0.3 is 10.8 Å². The van der Waals surface area contributed by atoms with Crippen LogP contribution in [0.25, 0.3) is 11.4 Å². The smallest absolute Gasteiger partial charge is 0.181 e. The topological polar surface area (TPSA) is 91.1 Å². The second-order valence-electron chi connectivity index (χ2n) is 5.10. The fourth-order valence-electron chi connectivity index (χ4n) is 2.72. The van der Waals surface area contributed by atoms with Crippen molar-refractivity contribution in [2.24, 2.45) is 5.73 Å². The van der Waals surface area contributed by atoms with Gasteiger partial charge in [0.2, 0.25) is 0 Å². The highest BCUT2D eigenvalue weighted by molar-refractivity contribution is 5.53. The summed E-state index contributed by atoms with van der Waals surface area (Å²) in [5, 5.41) is 17.1. The van der Waals surface area contributed by atoms with Crippen LogP contribution in [-0.2, 0) is 0 Å². The van der Waals surface area contributed by atoms with Gasteiger partial charge in [0, 0.05) is 25.2 Å². The van der Waals surface area contributed by atoms with Gasteiger partial charge in [0.15, 0.2) is 5.82 Å². The Morgan fingerprint density at radius 3 is 2.90 bits per heavy atom. The number of hydrogen-bond donors (Lipinski definition) is 3. The molecular formula is C14H19N5O. The first-order valence-corrected chi connectivity index (χ1v) is 6.88. The largest absolute Gasteiger partial charge is 0.392 e. The lowest BCUT2D eigenvalue weighted by Crippen LogP contribution is -2.30. The summed E-state index contributed by atoms with van der Waals surface area (Å²) in [6.45, 7) is 1.97. The van der Waals surface area contributed by atoms with Crippen molar-refractivity contribution in [2.45, 2.75) is 18.6 Å². The highest BCUT2D eigenvalue weighted by Gasteiger charge is 2.33. The summed E-state index contributed by atoms with van der Waals surface area (Å²) in [7, 11) is 0. The molecule has 20 heavy (non-hydrogen) atoms. The van der Waals surface area contributed by atoms with Crippen LogP contribution in [0.3, 0.4) is 0 Å². The molecule has 1 aromatic heterocycles. The van der Waals surface area contributed by atoms with Crippen LogP contribution in [0.15, 0.2) is 30.3 Å². The summed E-state index contributed by atoms with van der Waals surface area (Å²) in [6.07, 6.45) is 0.348. The molecule has 1 aliphatic heterocycles. The van der Waals surface area contributed by atoms with Crippen molar-refractivity contribution in [3.63, 3.8) is 0 Å². The minimum Gasteiger partial charge on any atom is -0.392 e. The normalized spacial score (nSPS) is 23.3. The Morgan fingerprint density at radius 2 is 2.15 bits per heavy atom. The lowest BCUT2D eigenvalue weighted by Gasteiger charge is -2.20. The molecule has 1 aromatic carbocycles. The molecule has 2 atom stereocenters. The third kappa shape index (κ3) is 2.58. The van der Waals surface area contributed by atoms with Gasteiger partial charge in [-0.2, -0.15) is 5.10 Å². The van der Waals surface area contributed by atoms with Crippen LogP contribution in [0, 0.1) is 0 Å². The molecule has 2 heterocycles. The van der Waals surface area contributed by atoms with E-state index in [1.54, 1.807) is 0 Å². The zero-order valence-corrected chi connectivity index (χ0v) is 11.2. The second-order valence-corrected chi connectivity index (χ2v) is 5.10. The Morgan fingerprint density at radius 1 is 1.35 bits per heavy atom. The van der Waals surface area contributed by atoms with Gasteiger partial charge in [0.25, 0.3) is 0 Å². The van der Waals surface area contributed by atoms with Gasteiger partial charge >= 0.3 is 0 Å². The van der Waals surface area contributed by atoms with Crippen LogP contribution in [-0.4, -0.2) is 50.9 Å². The number of nitrogens with two attached hydrogens (primary N) is 1. The highest BCUT2D eigenvalue weighted by Crippen LogP contribution is 2.30. The third-order valence-electron chi connectivity index (χ3n) is 3.65. The molecule has 0 saturated carbocycles. The Balaban J connectivity index is 1.82. The fraction of sp³-hybridized carbons (Fsp3) is 0.429. The molecule has 3 rings (SSSR count). The predicted octanol–water partition coefficient (Wildman–Crippen LogP) is 0.538. The zero-order valence-electron chi connectivity index (χ0n) is 11.2. The summed E-state index contributed by atoms with van der Waals surface area (Å²) in [5.41, 5.74) is 6.61. The summed E-state index contributed by atoms with van der Waals surface area (Å²) in [6, 6.07) is 9.92. The number of nitrogens with zero attached hydrogens (tertiary/aromatic N) is 3. The number of β-amino-alcohol motifs (C(OH)–C–C–N with tert-alkyl or cyclic N) is 1. The number of rotatable bonds is 4. The van der Waals surface area contributed by atoms with Gasteiger partial charge in [-0.3, -0.25) is 10.00 Å². The van der Waals surface area contributed by atoms with E-state index in [-0.39, 0.29) is 12.1 Å². The van der Waals surface area contributed by atoms with E-state index in [2.05, 4.69) is 20.1 Å². The Kier molecular flexibility index (Phi) is 3.77. The zero-order chi connectivity index (χ0) is 13.9. The number of aromatic amines is 1. The molecule has 0 amide bonds. The number of nitrogens with one attached hydrogen (secondary N) is 1. The van der Waals surface area contributed by atoms with Crippen molar-refractivity contribution in [2.75, 3.05) is 19.6 Å². The van der Waals surface area contributed by atoms with Crippen LogP contribution in [0.1, 0.15) is 18.3 Å². The third-order valence-corrected chi connectivity index (χ3v) is 3.65. The molecule has 106 valence electrons. The Bertz CT molecular complexity index is 556. The molecule has 0 radical (unpaired) electrons. The van der Waals surface area contributed by atoms with Gasteiger partial charge in [-0.05, 0) is 6.42 Å². The Labute approximate surface area is 117 Å². The van der Waals surface area contributed by atoms with Gasteiger partial charge in [0.05, 0.1) is 12.1 Å². The summed E-state index contributed by atoms with van der Waals surface area (Å²) in [4.78, 5) is 6.72. The lowest BCUT2D eigenvalue weighted by atomic mass is 10.2. The molecule has 0 unspecified atom stereocenters. The average Bonchev–Trinajstić information content (AvgIpc) is 3.07. The highest BCUT2D eigenvalue weighted by atomic mass is 16.3. The SMILES string of the molecule is NCCN1C[C@H](O)C[C@H]1c1nc(-c2ccccc2)n[nH]1. The summed E-state index contributed by atoms with van der Waals surface area (Å²) in [5.74, 6) is 1.49. The van der Waals surface area contributed by atoms with Gasteiger partial charge in [-0.1, -0.05) is 30.3 Å². The maximum absolute atomic E-state index is 9.84. The first kappa shape index (κ1) is 13.2. The summed E-state index contributed by atoms with van der Waals surface area (Å²) < 4.78 is 0. The van der Waals surface area contributed by atoms with Gasteiger partial charge in [-0.15, -0.1) is 0 Å². The average molecular weight is 273 g/mol. The minimum absolute atomic E-state index is 0.0681. The van der Waals surface area contributed by atoms with E-state index >= 15 is 0 Å². The number of aliphatic hydroxyl groups is 1. The van der Waals surface area contributed by atoms with Crippen molar-refractivity contribution < 1.29 is 5.11 Å². The van der Waals surface area contributed by atoms with Crippen molar-refractivity contribution >= 4 is 0 Å². The Hall–Kier alpha value is -1.76. The number of aromatic nitrogens is 3. The van der Waals surface area contributed by atoms with Crippen LogP contribution >= 0.6 is 0 Å².